The molecular weight excluding hydrogens is 260 g/mol. The number of nitrogens with two attached hydrogens (primary N) is 1. The molecule has 0 aliphatic rings. The summed E-state index contributed by atoms with van der Waals surface area (Å²) in [6.45, 7) is 4.17. The van der Waals surface area contributed by atoms with E-state index in [0.29, 0.717) is 0 Å². The van der Waals surface area contributed by atoms with Gasteiger partial charge in [-0.2, -0.15) is 0 Å². The smallest absolute Gasteiger partial charge is 0.0897 e. The molecule has 4 heteroatoms. The normalized spacial score (nSPS) is 12.6. The lowest BCUT2D eigenvalue weighted by Crippen LogP contribution is -2.25. The van der Waals surface area contributed by atoms with Crippen molar-refractivity contribution in [1.29, 1.82) is 0 Å². The van der Waals surface area contributed by atoms with Crippen LogP contribution in [0.25, 0.3) is 0 Å². The van der Waals surface area contributed by atoms with Crippen LogP contribution < -0.4 is 5.73 Å². The minimum absolute atomic E-state index is 0.163. The molecule has 0 amide bonds. The number of thioether (sulfide) groups is 1. The van der Waals surface area contributed by atoms with Gasteiger partial charge in [0.05, 0.1) is 10.7 Å². The lowest BCUT2D eigenvalue weighted by molar-refractivity contribution is 0.734. The number of rotatable bonds is 5. The van der Waals surface area contributed by atoms with E-state index in [-0.39, 0.29) is 6.04 Å². The molecule has 18 heavy (non-hydrogen) atoms. The van der Waals surface area contributed by atoms with Gasteiger partial charge >= 0.3 is 0 Å². The fraction of sp³-hybridized carbons (Fsp3) is 0.357. The Morgan fingerprint density at radius 3 is 2.78 bits per heavy atom. The molecule has 1 atom stereocenters. The summed E-state index contributed by atoms with van der Waals surface area (Å²) in [7, 11) is 0. The van der Waals surface area contributed by atoms with Crippen LogP contribution in [-0.2, 0) is 6.42 Å². The van der Waals surface area contributed by atoms with Crippen LogP contribution in [0.2, 0.25) is 0 Å². The summed E-state index contributed by atoms with van der Waals surface area (Å²) in [4.78, 5) is 5.77. The van der Waals surface area contributed by atoms with Crippen molar-refractivity contribution in [1.82, 2.24) is 4.98 Å². The molecular formula is C14H18N2S2. The van der Waals surface area contributed by atoms with Crippen LogP contribution in [0, 0.1) is 13.8 Å². The molecule has 0 fully saturated rings. The van der Waals surface area contributed by atoms with E-state index < -0.39 is 0 Å². The fourth-order valence-corrected chi connectivity index (χ4v) is 3.35. The van der Waals surface area contributed by atoms with Gasteiger partial charge in [-0.25, -0.2) is 4.98 Å². The predicted molar refractivity (Wildman–Crippen MR) is 80.4 cm³/mol. The summed E-state index contributed by atoms with van der Waals surface area (Å²) < 4.78 is 0. The summed E-state index contributed by atoms with van der Waals surface area (Å²) in [5.41, 5.74) is 8.60. The van der Waals surface area contributed by atoms with Crippen molar-refractivity contribution in [2.75, 3.05) is 5.75 Å². The monoisotopic (exact) mass is 278 g/mol. The highest BCUT2D eigenvalue weighted by molar-refractivity contribution is 7.99. The lowest BCUT2D eigenvalue weighted by atomic mass is 10.2. The largest absolute Gasteiger partial charge is 0.327 e. The summed E-state index contributed by atoms with van der Waals surface area (Å²) in [5.74, 6) is 0.932. The van der Waals surface area contributed by atoms with Crippen molar-refractivity contribution in [2.45, 2.75) is 31.2 Å². The summed E-state index contributed by atoms with van der Waals surface area (Å²) in [6.07, 6.45) is 0.864. The van der Waals surface area contributed by atoms with Gasteiger partial charge in [0.1, 0.15) is 0 Å². The topological polar surface area (TPSA) is 38.9 Å². The summed E-state index contributed by atoms with van der Waals surface area (Å²) in [6, 6.07) is 8.59. The number of nitrogens with zero attached hydrogens (tertiary/aromatic N) is 1. The second-order valence-electron chi connectivity index (χ2n) is 4.40. The third kappa shape index (κ3) is 3.83. The standard InChI is InChI=1S/C14H18N2S2/c1-10-5-3-4-6-14(10)18-8-12(15)7-13-9-17-11(2)16-13/h3-6,9,12H,7-8,15H2,1-2H3. The van der Waals surface area contributed by atoms with E-state index in [0.717, 1.165) is 22.9 Å². The maximum absolute atomic E-state index is 6.16. The van der Waals surface area contributed by atoms with E-state index in [4.69, 9.17) is 5.73 Å². The zero-order valence-corrected chi connectivity index (χ0v) is 12.4. The van der Waals surface area contributed by atoms with Gasteiger partial charge in [0, 0.05) is 28.5 Å². The zero-order valence-electron chi connectivity index (χ0n) is 10.7. The molecule has 0 aliphatic heterocycles. The van der Waals surface area contributed by atoms with Gasteiger partial charge in [0.25, 0.3) is 0 Å². The quantitative estimate of drug-likeness (QED) is 0.852. The van der Waals surface area contributed by atoms with Crippen molar-refractivity contribution in [3.05, 3.63) is 45.9 Å². The lowest BCUT2D eigenvalue weighted by Gasteiger charge is -2.11. The maximum atomic E-state index is 6.16. The van der Waals surface area contributed by atoms with Crippen LogP contribution in [0.4, 0.5) is 0 Å². The van der Waals surface area contributed by atoms with Gasteiger partial charge in [0.15, 0.2) is 0 Å². The molecule has 1 unspecified atom stereocenters. The number of benzene rings is 1. The molecule has 2 rings (SSSR count). The second-order valence-corrected chi connectivity index (χ2v) is 6.52. The molecule has 0 saturated heterocycles. The number of aryl methyl sites for hydroxylation is 2. The Bertz CT molecular complexity index is 508. The number of aromatic nitrogens is 1. The molecule has 2 aromatic rings. The minimum atomic E-state index is 0.163. The second kappa shape index (κ2) is 6.36. The molecule has 1 aromatic heterocycles. The van der Waals surface area contributed by atoms with Gasteiger partial charge in [-0.05, 0) is 25.5 Å². The van der Waals surface area contributed by atoms with Gasteiger partial charge in [-0.1, -0.05) is 18.2 Å². The fourth-order valence-electron chi connectivity index (χ4n) is 1.74. The average Bonchev–Trinajstić information content (AvgIpc) is 2.74. The van der Waals surface area contributed by atoms with E-state index in [1.165, 1.54) is 10.5 Å². The van der Waals surface area contributed by atoms with Gasteiger partial charge in [-0.15, -0.1) is 23.1 Å². The van der Waals surface area contributed by atoms with Gasteiger partial charge < -0.3 is 5.73 Å². The Kier molecular flexibility index (Phi) is 4.80. The van der Waals surface area contributed by atoms with Gasteiger partial charge in [0.2, 0.25) is 0 Å². The Morgan fingerprint density at radius 1 is 1.33 bits per heavy atom. The van der Waals surface area contributed by atoms with E-state index in [1.807, 2.05) is 18.7 Å². The number of thiazole rings is 1. The van der Waals surface area contributed by atoms with Crippen molar-refractivity contribution in [2.24, 2.45) is 5.73 Å². The van der Waals surface area contributed by atoms with E-state index in [9.17, 15) is 0 Å². The first kappa shape index (κ1) is 13.6. The third-order valence-corrected chi connectivity index (χ3v) is 4.87. The first-order valence-electron chi connectivity index (χ1n) is 6.00. The molecule has 1 heterocycles. The Morgan fingerprint density at radius 2 is 2.11 bits per heavy atom. The molecule has 1 aromatic carbocycles. The van der Waals surface area contributed by atoms with E-state index >= 15 is 0 Å². The van der Waals surface area contributed by atoms with Crippen molar-refractivity contribution in [3.8, 4) is 0 Å². The molecule has 0 spiro atoms. The first-order chi connectivity index (χ1) is 8.65. The van der Waals surface area contributed by atoms with Crippen molar-refractivity contribution in [3.63, 3.8) is 0 Å². The van der Waals surface area contributed by atoms with Crippen LogP contribution in [0.15, 0.2) is 34.5 Å². The van der Waals surface area contributed by atoms with Crippen LogP contribution in [0.3, 0.4) is 0 Å². The highest BCUT2D eigenvalue weighted by Crippen LogP contribution is 2.22. The zero-order chi connectivity index (χ0) is 13.0. The average molecular weight is 278 g/mol. The Balaban J connectivity index is 1.85. The summed E-state index contributed by atoms with van der Waals surface area (Å²) in [5, 5.41) is 3.22. The first-order valence-corrected chi connectivity index (χ1v) is 7.86. The van der Waals surface area contributed by atoms with Gasteiger partial charge in [-0.3, -0.25) is 0 Å². The predicted octanol–water partition coefficient (Wildman–Crippen LogP) is 3.42. The van der Waals surface area contributed by atoms with Crippen LogP contribution in [-0.4, -0.2) is 16.8 Å². The molecule has 96 valence electrons. The van der Waals surface area contributed by atoms with Crippen LogP contribution >= 0.6 is 23.1 Å². The van der Waals surface area contributed by atoms with Crippen molar-refractivity contribution < 1.29 is 0 Å². The number of hydrogen-bond donors (Lipinski definition) is 1. The third-order valence-electron chi connectivity index (χ3n) is 2.68. The molecule has 0 saturated carbocycles. The van der Waals surface area contributed by atoms with Crippen molar-refractivity contribution >= 4 is 23.1 Å². The molecule has 2 N–H and O–H groups in total. The van der Waals surface area contributed by atoms with Crippen LogP contribution in [0.1, 0.15) is 16.3 Å². The SMILES string of the molecule is Cc1nc(CC(N)CSc2ccccc2C)cs1. The minimum Gasteiger partial charge on any atom is -0.327 e. The van der Waals surface area contributed by atoms with E-state index in [2.05, 4.69) is 41.6 Å². The van der Waals surface area contributed by atoms with E-state index in [1.54, 1.807) is 11.3 Å². The number of hydrogen-bond acceptors (Lipinski definition) is 4. The Labute approximate surface area is 117 Å². The summed E-state index contributed by atoms with van der Waals surface area (Å²) >= 11 is 3.52. The van der Waals surface area contributed by atoms with Crippen LogP contribution in [0.5, 0.6) is 0 Å². The highest BCUT2D eigenvalue weighted by Gasteiger charge is 2.08. The molecule has 2 nitrogen and oxygen atoms in total. The molecule has 0 radical (unpaired) electrons. The molecule has 0 aliphatic carbocycles. The maximum Gasteiger partial charge on any atom is 0.0897 e. The highest BCUT2D eigenvalue weighted by atomic mass is 32.2. The Hall–Kier alpha value is -0.840. The molecule has 0 bridgehead atoms.